The lowest BCUT2D eigenvalue weighted by Crippen LogP contribution is -2.43. The van der Waals surface area contributed by atoms with E-state index < -0.39 is 6.10 Å². The molecule has 2 rings (SSSR count). The quantitative estimate of drug-likeness (QED) is 0.835. The highest BCUT2D eigenvalue weighted by molar-refractivity contribution is 5.36. The van der Waals surface area contributed by atoms with E-state index in [0.717, 1.165) is 31.7 Å². The van der Waals surface area contributed by atoms with Gasteiger partial charge in [-0.05, 0) is 44.9 Å². The van der Waals surface area contributed by atoms with Crippen LogP contribution in [0.4, 0.5) is 0 Å². The number of aliphatic hydroxyl groups is 1. The summed E-state index contributed by atoms with van der Waals surface area (Å²) >= 11 is 0. The van der Waals surface area contributed by atoms with Gasteiger partial charge >= 0.3 is 0 Å². The van der Waals surface area contributed by atoms with Crippen molar-refractivity contribution in [1.82, 2.24) is 4.90 Å². The van der Waals surface area contributed by atoms with Crippen LogP contribution in [0.2, 0.25) is 0 Å². The average molecular weight is 318 g/mol. The van der Waals surface area contributed by atoms with Crippen molar-refractivity contribution in [2.45, 2.75) is 45.0 Å². The van der Waals surface area contributed by atoms with Crippen molar-refractivity contribution in [2.75, 3.05) is 26.2 Å². The molecule has 0 aliphatic carbocycles. The smallest absolute Gasteiger partial charge is 0.121 e. The molecule has 5 nitrogen and oxygen atoms in total. The molecule has 1 aliphatic rings. The van der Waals surface area contributed by atoms with E-state index in [1.54, 1.807) is 12.1 Å². The zero-order valence-corrected chi connectivity index (χ0v) is 13.9. The number of hydrogen-bond donors (Lipinski definition) is 1. The lowest BCUT2D eigenvalue weighted by molar-refractivity contribution is -0.0154. The Morgan fingerprint density at radius 3 is 2.74 bits per heavy atom. The van der Waals surface area contributed by atoms with Crippen molar-refractivity contribution >= 4 is 0 Å². The van der Waals surface area contributed by atoms with Crippen molar-refractivity contribution in [1.29, 1.82) is 5.26 Å². The van der Waals surface area contributed by atoms with E-state index in [1.165, 1.54) is 0 Å². The number of nitrogens with zero attached hydrogens (tertiary/aromatic N) is 2. The van der Waals surface area contributed by atoms with Gasteiger partial charge in [0, 0.05) is 19.6 Å². The summed E-state index contributed by atoms with van der Waals surface area (Å²) in [7, 11) is 0. The maximum absolute atomic E-state index is 9.98. The van der Waals surface area contributed by atoms with E-state index >= 15 is 0 Å². The van der Waals surface area contributed by atoms with Crippen molar-refractivity contribution in [3.8, 4) is 11.8 Å². The Balaban J connectivity index is 1.72. The Kier molecular flexibility index (Phi) is 6.85. The standard InChI is InChI=1S/C18H26N2O3/c1-14(2)22-13-16(21)12-20-8-6-17(7-9-20)23-18-5-3-4-15(10-18)11-19/h3-5,10,14,16-17,21H,6-9,12-13H2,1-2H3. The normalized spacial score (nSPS) is 17.9. The van der Waals surface area contributed by atoms with Crippen LogP contribution in [0.5, 0.6) is 5.75 Å². The number of piperidine rings is 1. The molecule has 1 aromatic carbocycles. The van der Waals surface area contributed by atoms with E-state index in [1.807, 2.05) is 26.0 Å². The van der Waals surface area contributed by atoms with E-state index in [-0.39, 0.29) is 12.2 Å². The summed E-state index contributed by atoms with van der Waals surface area (Å²) < 4.78 is 11.4. The number of benzene rings is 1. The van der Waals surface area contributed by atoms with Crippen LogP contribution in [-0.4, -0.2) is 54.6 Å². The number of aliphatic hydroxyl groups excluding tert-OH is 1. The summed E-state index contributed by atoms with van der Waals surface area (Å²) in [5.74, 6) is 0.757. The van der Waals surface area contributed by atoms with Crippen molar-refractivity contribution in [2.24, 2.45) is 0 Å². The Hall–Kier alpha value is -1.61. The Bertz CT molecular complexity index is 519. The molecule has 1 aliphatic heterocycles. The van der Waals surface area contributed by atoms with Gasteiger partial charge in [0.2, 0.25) is 0 Å². The molecule has 0 bridgehead atoms. The van der Waals surface area contributed by atoms with E-state index in [9.17, 15) is 5.11 Å². The van der Waals surface area contributed by atoms with Crippen LogP contribution in [0, 0.1) is 11.3 Å². The summed E-state index contributed by atoms with van der Waals surface area (Å²) in [6.07, 6.45) is 1.72. The van der Waals surface area contributed by atoms with Crippen molar-refractivity contribution in [3.05, 3.63) is 29.8 Å². The van der Waals surface area contributed by atoms with Crippen LogP contribution in [-0.2, 0) is 4.74 Å². The van der Waals surface area contributed by atoms with Gasteiger partial charge in [-0.1, -0.05) is 6.07 Å². The highest BCUT2D eigenvalue weighted by Gasteiger charge is 2.22. The van der Waals surface area contributed by atoms with Crippen LogP contribution < -0.4 is 4.74 Å². The first-order chi connectivity index (χ1) is 11.1. The fraction of sp³-hybridized carbons (Fsp3) is 0.611. The topological polar surface area (TPSA) is 65.7 Å². The predicted molar refractivity (Wildman–Crippen MR) is 88.3 cm³/mol. The number of nitriles is 1. The molecule has 1 saturated heterocycles. The minimum Gasteiger partial charge on any atom is -0.490 e. The molecule has 0 saturated carbocycles. The summed E-state index contributed by atoms with van der Waals surface area (Å²) in [6, 6.07) is 9.41. The SMILES string of the molecule is CC(C)OCC(O)CN1CCC(Oc2cccc(C#N)c2)CC1. The van der Waals surface area contributed by atoms with Gasteiger partial charge in [0.05, 0.1) is 30.4 Å². The number of likely N-dealkylation sites (tertiary alicyclic amines) is 1. The van der Waals surface area contributed by atoms with Gasteiger partial charge in [-0.3, -0.25) is 0 Å². The molecule has 5 heteroatoms. The second-order valence-corrected chi connectivity index (χ2v) is 6.29. The van der Waals surface area contributed by atoms with Gasteiger partial charge < -0.3 is 19.5 Å². The van der Waals surface area contributed by atoms with E-state index in [4.69, 9.17) is 14.7 Å². The summed E-state index contributed by atoms with van der Waals surface area (Å²) in [5.41, 5.74) is 0.619. The molecule has 1 heterocycles. The lowest BCUT2D eigenvalue weighted by Gasteiger charge is -2.33. The minimum absolute atomic E-state index is 0.146. The molecule has 126 valence electrons. The molecule has 1 atom stereocenters. The fourth-order valence-electron chi connectivity index (χ4n) is 2.70. The van der Waals surface area contributed by atoms with Crippen LogP contribution in [0.25, 0.3) is 0 Å². The predicted octanol–water partition coefficient (Wildman–Crippen LogP) is 2.19. The highest BCUT2D eigenvalue weighted by atomic mass is 16.5. The molecule has 1 N–H and O–H groups in total. The molecule has 0 aromatic heterocycles. The first kappa shape index (κ1) is 17.7. The van der Waals surface area contributed by atoms with Gasteiger partial charge in [-0.2, -0.15) is 5.26 Å². The molecule has 0 spiro atoms. The van der Waals surface area contributed by atoms with Gasteiger partial charge in [0.15, 0.2) is 0 Å². The first-order valence-corrected chi connectivity index (χ1v) is 8.25. The summed E-state index contributed by atoms with van der Waals surface area (Å²) in [6.45, 7) is 6.77. The molecule has 1 fully saturated rings. The van der Waals surface area contributed by atoms with Crippen LogP contribution >= 0.6 is 0 Å². The zero-order chi connectivity index (χ0) is 16.7. The number of hydrogen-bond acceptors (Lipinski definition) is 5. The van der Waals surface area contributed by atoms with Gasteiger partial charge in [-0.15, -0.1) is 0 Å². The third-order valence-electron chi connectivity index (χ3n) is 3.89. The summed E-state index contributed by atoms with van der Waals surface area (Å²) in [5, 5.41) is 18.9. The van der Waals surface area contributed by atoms with E-state index in [0.29, 0.717) is 18.7 Å². The second-order valence-electron chi connectivity index (χ2n) is 6.29. The van der Waals surface area contributed by atoms with Crippen LogP contribution in [0.3, 0.4) is 0 Å². The maximum atomic E-state index is 9.98. The number of ether oxygens (including phenoxy) is 2. The second kappa shape index (κ2) is 8.88. The number of β-amino-alcohol motifs (C(OH)–C–C–N with tert-alkyl or cyclic N) is 1. The minimum atomic E-state index is -0.442. The zero-order valence-electron chi connectivity index (χ0n) is 13.9. The molecular weight excluding hydrogens is 292 g/mol. The Labute approximate surface area is 138 Å². The Morgan fingerprint density at radius 1 is 1.35 bits per heavy atom. The van der Waals surface area contributed by atoms with Gasteiger partial charge in [0.1, 0.15) is 11.9 Å². The van der Waals surface area contributed by atoms with Crippen molar-refractivity contribution < 1.29 is 14.6 Å². The monoisotopic (exact) mass is 318 g/mol. The largest absolute Gasteiger partial charge is 0.490 e. The Morgan fingerprint density at radius 2 is 2.09 bits per heavy atom. The van der Waals surface area contributed by atoms with Crippen molar-refractivity contribution in [3.63, 3.8) is 0 Å². The summed E-state index contributed by atoms with van der Waals surface area (Å²) in [4.78, 5) is 2.25. The molecule has 0 radical (unpaired) electrons. The maximum Gasteiger partial charge on any atom is 0.121 e. The van der Waals surface area contributed by atoms with E-state index in [2.05, 4.69) is 11.0 Å². The number of rotatable bonds is 7. The van der Waals surface area contributed by atoms with Crippen LogP contribution in [0.1, 0.15) is 32.3 Å². The van der Waals surface area contributed by atoms with Gasteiger partial charge in [0.25, 0.3) is 0 Å². The first-order valence-electron chi connectivity index (χ1n) is 8.25. The fourth-order valence-corrected chi connectivity index (χ4v) is 2.70. The lowest BCUT2D eigenvalue weighted by atomic mass is 10.1. The molecule has 0 amide bonds. The third-order valence-corrected chi connectivity index (χ3v) is 3.89. The highest BCUT2D eigenvalue weighted by Crippen LogP contribution is 2.20. The molecule has 23 heavy (non-hydrogen) atoms. The van der Waals surface area contributed by atoms with Gasteiger partial charge in [-0.25, -0.2) is 0 Å². The average Bonchev–Trinajstić information content (AvgIpc) is 2.55. The third kappa shape index (κ3) is 6.19. The van der Waals surface area contributed by atoms with Crippen LogP contribution in [0.15, 0.2) is 24.3 Å². The molecule has 1 unspecified atom stereocenters. The molecule has 1 aromatic rings. The molecular formula is C18H26N2O3.